The van der Waals surface area contributed by atoms with E-state index in [9.17, 15) is 9.18 Å². The van der Waals surface area contributed by atoms with Crippen molar-refractivity contribution in [2.45, 2.75) is 52.9 Å². The number of nitrogens with zero attached hydrogens (tertiary/aromatic N) is 1. The smallest absolute Gasteiger partial charge is 0.207 e. The summed E-state index contributed by atoms with van der Waals surface area (Å²) in [5.41, 5.74) is 3.33. The molecule has 3 aromatic rings. The molecule has 2 aromatic carbocycles. The SMILES string of the molecule is CC(=O)c1c(OCCBr)c(OCCC(C)c2ccc(F)cc2)c2oc(C(C)C)nc2c1C. The van der Waals surface area contributed by atoms with Gasteiger partial charge < -0.3 is 13.9 Å². The number of carbonyl (C=O) groups excluding carboxylic acids is 1. The lowest BCUT2D eigenvalue weighted by Crippen LogP contribution is -2.10. The van der Waals surface area contributed by atoms with E-state index in [1.54, 1.807) is 12.1 Å². The van der Waals surface area contributed by atoms with Crippen LogP contribution in [-0.4, -0.2) is 29.3 Å². The summed E-state index contributed by atoms with van der Waals surface area (Å²) in [7, 11) is 0. The minimum Gasteiger partial charge on any atom is -0.488 e. The fourth-order valence-electron chi connectivity index (χ4n) is 3.63. The number of ether oxygens (including phenoxy) is 2. The van der Waals surface area contributed by atoms with Crippen LogP contribution in [0.1, 0.15) is 73.3 Å². The molecule has 0 radical (unpaired) electrons. The van der Waals surface area contributed by atoms with Gasteiger partial charge in [0.25, 0.3) is 0 Å². The van der Waals surface area contributed by atoms with Crippen molar-refractivity contribution < 1.29 is 23.1 Å². The number of ketones is 1. The average Bonchev–Trinajstić information content (AvgIpc) is 3.20. The fraction of sp³-hybridized carbons (Fsp3) is 0.440. The molecule has 32 heavy (non-hydrogen) atoms. The first-order valence-electron chi connectivity index (χ1n) is 10.8. The van der Waals surface area contributed by atoms with Crippen molar-refractivity contribution in [2.75, 3.05) is 18.5 Å². The Morgan fingerprint density at radius 1 is 1.12 bits per heavy atom. The van der Waals surface area contributed by atoms with Crippen molar-refractivity contribution in [3.63, 3.8) is 0 Å². The van der Waals surface area contributed by atoms with Crippen LogP contribution in [0.4, 0.5) is 4.39 Å². The number of fused-ring (bicyclic) bond motifs is 1. The fourth-order valence-corrected chi connectivity index (χ4v) is 3.79. The molecule has 0 saturated carbocycles. The highest BCUT2D eigenvalue weighted by Gasteiger charge is 2.27. The normalized spacial score (nSPS) is 12.4. The number of alkyl halides is 1. The number of rotatable bonds is 10. The van der Waals surface area contributed by atoms with E-state index in [-0.39, 0.29) is 23.4 Å². The third-order valence-electron chi connectivity index (χ3n) is 5.42. The molecule has 0 aliphatic heterocycles. The molecule has 1 unspecified atom stereocenters. The monoisotopic (exact) mass is 505 g/mol. The molecule has 0 amide bonds. The number of hydrogen-bond acceptors (Lipinski definition) is 5. The van der Waals surface area contributed by atoms with Gasteiger partial charge in [-0.3, -0.25) is 4.79 Å². The first kappa shape index (κ1) is 24.2. The van der Waals surface area contributed by atoms with E-state index in [0.29, 0.717) is 59.0 Å². The average molecular weight is 506 g/mol. The molecule has 0 aliphatic carbocycles. The number of aromatic nitrogens is 1. The van der Waals surface area contributed by atoms with Gasteiger partial charge in [-0.15, -0.1) is 0 Å². The summed E-state index contributed by atoms with van der Waals surface area (Å²) in [6, 6.07) is 6.49. The maximum Gasteiger partial charge on any atom is 0.207 e. The molecule has 0 aliphatic rings. The summed E-state index contributed by atoms with van der Waals surface area (Å²) in [6.45, 7) is 10.2. The zero-order chi connectivity index (χ0) is 23.4. The number of aryl methyl sites for hydroxylation is 1. The van der Waals surface area contributed by atoms with Gasteiger partial charge in [-0.25, -0.2) is 9.37 Å². The topological polar surface area (TPSA) is 61.6 Å². The first-order chi connectivity index (χ1) is 15.2. The summed E-state index contributed by atoms with van der Waals surface area (Å²) >= 11 is 3.37. The number of Topliss-reactive ketones (excluding diaryl/α,β-unsaturated/α-hetero) is 1. The van der Waals surface area contributed by atoms with Gasteiger partial charge in [0.05, 0.1) is 18.8 Å². The van der Waals surface area contributed by atoms with Crippen LogP contribution in [0.15, 0.2) is 28.7 Å². The highest BCUT2D eigenvalue weighted by Crippen LogP contribution is 2.43. The molecule has 0 saturated heterocycles. The van der Waals surface area contributed by atoms with Crippen molar-refractivity contribution >= 4 is 32.8 Å². The van der Waals surface area contributed by atoms with Crippen molar-refractivity contribution in [3.05, 3.63) is 52.7 Å². The maximum atomic E-state index is 13.2. The Morgan fingerprint density at radius 2 is 1.78 bits per heavy atom. The molecular weight excluding hydrogens is 477 g/mol. The summed E-state index contributed by atoms with van der Waals surface area (Å²) < 4.78 is 31.5. The van der Waals surface area contributed by atoms with E-state index in [4.69, 9.17) is 13.9 Å². The molecule has 1 aromatic heterocycles. The molecule has 0 spiro atoms. The van der Waals surface area contributed by atoms with Crippen LogP contribution in [0.2, 0.25) is 0 Å². The largest absolute Gasteiger partial charge is 0.488 e. The standard InChI is InChI=1S/C25H29BrFNO4/c1-14(2)25-28-21-16(4)20(17(5)29)22(31-13-11-26)24(23(21)32-25)30-12-10-15(3)18-6-8-19(27)9-7-18/h6-9,14-15H,10-13H2,1-5H3. The van der Waals surface area contributed by atoms with E-state index in [0.717, 1.165) is 11.1 Å². The van der Waals surface area contributed by atoms with Gasteiger partial charge in [0.1, 0.15) is 11.3 Å². The van der Waals surface area contributed by atoms with Crippen molar-refractivity contribution in [1.29, 1.82) is 0 Å². The maximum absolute atomic E-state index is 13.2. The van der Waals surface area contributed by atoms with Gasteiger partial charge in [0.2, 0.25) is 11.3 Å². The van der Waals surface area contributed by atoms with Gasteiger partial charge in [0.15, 0.2) is 17.4 Å². The molecular formula is C25H29BrFNO4. The molecule has 172 valence electrons. The van der Waals surface area contributed by atoms with E-state index in [1.165, 1.54) is 19.1 Å². The first-order valence-corrected chi connectivity index (χ1v) is 11.9. The lowest BCUT2D eigenvalue weighted by Gasteiger charge is -2.18. The van der Waals surface area contributed by atoms with Crippen LogP contribution in [0.3, 0.4) is 0 Å². The molecule has 1 atom stereocenters. The number of halogens is 2. The third kappa shape index (κ3) is 5.14. The minimum absolute atomic E-state index is 0.0841. The van der Waals surface area contributed by atoms with Crippen molar-refractivity contribution in [2.24, 2.45) is 0 Å². The second-order valence-electron chi connectivity index (χ2n) is 8.23. The van der Waals surface area contributed by atoms with Gasteiger partial charge in [-0.1, -0.05) is 48.8 Å². The van der Waals surface area contributed by atoms with Crippen LogP contribution in [0.5, 0.6) is 11.5 Å². The number of oxazole rings is 1. The Balaban J connectivity index is 1.99. The second kappa shape index (κ2) is 10.5. The molecule has 5 nitrogen and oxygen atoms in total. The molecule has 3 rings (SSSR count). The highest BCUT2D eigenvalue weighted by molar-refractivity contribution is 9.09. The van der Waals surface area contributed by atoms with Crippen molar-refractivity contribution in [1.82, 2.24) is 4.98 Å². The van der Waals surface area contributed by atoms with Crippen LogP contribution >= 0.6 is 15.9 Å². The van der Waals surface area contributed by atoms with Crippen molar-refractivity contribution in [3.8, 4) is 11.5 Å². The highest BCUT2D eigenvalue weighted by atomic mass is 79.9. The van der Waals surface area contributed by atoms with Crippen LogP contribution in [0.25, 0.3) is 11.1 Å². The van der Waals surface area contributed by atoms with Gasteiger partial charge in [-0.05, 0) is 49.4 Å². The lowest BCUT2D eigenvalue weighted by molar-refractivity contribution is 0.101. The number of carbonyl (C=O) groups is 1. The molecule has 1 heterocycles. The Labute approximate surface area is 196 Å². The molecule has 0 bridgehead atoms. The number of hydrogen-bond donors (Lipinski definition) is 0. The summed E-state index contributed by atoms with van der Waals surface area (Å²) in [6.07, 6.45) is 0.694. The van der Waals surface area contributed by atoms with Crippen LogP contribution < -0.4 is 9.47 Å². The minimum atomic E-state index is -0.254. The van der Waals surface area contributed by atoms with E-state index in [2.05, 4.69) is 27.8 Å². The Hall–Kier alpha value is -2.41. The quantitative estimate of drug-likeness (QED) is 0.220. The third-order valence-corrected chi connectivity index (χ3v) is 5.74. The lowest BCUT2D eigenvalue weighted by atomic mass is 9.98. The predicted molar refractivity (Wildman–Crippen MR) is 127 cm³/mol. The Kier molecular flexibility index (Phi) is 7.93. The zero-order valence-corrected chi connectivity index (χ0v) is 20.7. The van der Waals surface area contributed by atoms with E-state index >= 15 is 0 Å². The summed E-state index contributed by atoms with van der Waals surface area (Å²) in [5.74, 6) is 1.26. The van der Waals surface area contributed by atoms with Gasteiger partial charge >= 0.3 is 0 Å². The number of benzene rings is 2. The predicted octanol–water partition coefficient (Wildman–Crippen LogP) is 6.95. The Morgan fingerprint density at radius 3 is 2.38 bits per heavy atom. The van der Waals surface area contributed by atoms with Crippen LogP contribution in [0, 0.1) is 12.7 Å². The zero-order valence-electron chi connectivity index (χ0n) is 19.1. The Bertz CT molecular complexity index is 1090. The molecule has 7 heteroatoms. The van der Waals surface area contributed by atoms with E-state index < -0.39 is 0 Å². The molecule has 0 fully saturated rings. The van der Waals surface area contributed by atoms with E-state index in [1.807, 2.05) is 20.8 Å². The second-order valence-corrected chi connectivity index (χ2v) is 9.02. The van der Waals surface area contributed by atoms with Crippen LogP contribution in [-0.2, 0) is 0 Å². The summed E-state index contributed by atoms with van der Waals surface area (Å²) in [4.78, 5) is 17.2. The van der Waals surface area contributed by atoms with Gasteiger partial charge in [-0.2, -0.15) is 0 Å². The van der Waals surface area contributed by atoms with Gasteiger partial charge in [0, 0.05) is 11.2 Å². The summed E-state index contributed by atoms with van der Waals surface area (Å²) in [5, 5.41) is 0.607. The molecule has 0 N–H and O–H groups in total.